The van der Waals surface area contributed by atoms with Crippen molar-refractivity contribution in [1.29, 1.82) is 0 Å². The number of amides is 3. The molecule has 3 aromatic rings. The fourth-order valence-corrected chi connectivity index (χ4v) is 3.56. The number of urea groups is 1. The van der Waals surface area contributed by atoms with Crippen LogP contribution in [0.4, 0.5) is 10.5 Å². The van der Waals surface area contributed by atoms with Crippen molar-refractivity contribution in [1.82, 2.24) is 9.80 Å². The van der Waals surface area contributed by atoms with Crippen LogP contribution in [0.3, 0.4) is 0 Å². The summed E-state index contributed by atoms with van der Waals surface area (Å²) in [5.41, 5.74) is 2.85. The second-order valence-corrected chi connectivity index (χ2v) is 8.82. The van der Waals surface area contributed by atoms with Crippen molar-refractivity contribution in [2.75, 3.05) is 18.4 Å². The number of hydrogen-bond acceptors (Lipinski definition) is 3. The summed E-state index contributed by atoms with van der Waals surface area (Å²) in [5, 5.41) is 2.92. The van der Waals surface area contributed by atoms with Crippen LogP contribution in [0, 0.1) is 19.8 Å². The molecule has 0 aliphatic heterocycles. The average Bonchev–Trinajstić information content (AvgIpc) is 3.19. The van der Waals surface area contributed by atoms with Gasteiger partial charge in [0.15, 0.2) is 0 Å². The number of carbonyl (C=O) groups excluding carboxylic acids is 2. The highest BCUT2D eigenvalue weighted by molar-refractivity contribution is 5.92. The quantitative estimate of drug-likeness (QED) is 0.463. The first-order chi connectivity index (χ1) is 15.8. The Morgan fingerprint density at radius 3 is 2.18 bits per heavy atom. The molecule has 0 saturated carbocycles. The van der Waals surface area contributed by atoms with Crippen LogP contribution in [0.1, 0.15) is 36.5 Å². The summed E-state index contributed by atoms with van der Waals surface area (Å²) in [4.78, 5) is 29.8. The van der Waals surface area contributed by atoms with Gasteiger partial charge in [0, 0.05) is 18.8 Å². The molecule has 0 aliphatic carbocycles. The Morgan fingerprint density at radius 1 is 0.879 bits per heavy atom. The van der Waals surface area contributed by atoms with Crippen molar-refractivity contribution in [3.63, 3.8) is 0 Å². The smallest absolute Gasteiger partial charge is 0.322 e. The molecule has 0 atom stereocenters. The van der Waals surface area contributed by atoms with Gasteiger partial charge in [-0.2, -0.15) is 0 Å². The fraction of sp³-hybridized carbons (Fsp3) is 0.333. The van der Waals surface area contributed by atoms with Crippen molar-refractivity contribution >= 4 is 17.6 Å². The van der Waals surface area contributed by atoms with Gasteiger partial charge in [-0.05, 0) is 49.6 Å². The molecule has 0 bridgehead atoms. The van der Waals surface area contributed by atoms with Crippen LogP contribution in [0.25, 0.3) is 0 Å². The van der Waals surface area contributed by atoms with Gasteiger partial charge in [0.25, 0.3) is 0 Å². The minimum absolute atomic E-state index is 0.0115. The van der Waals surface area contributed by atoms with Gasteiger partial charge in [-0.25, -0.2) is 4.79 Å². The Balaban J connectivity index is 1.75. The zero-order valence-electron chi connectivity index (χ0n) is 19.9. The van der Waals surface area contributed by atoms with E-state index in [4.69, 9.17) is 4.42 Å². The van der Waals surface area contributed by atoms with E-state index in [9.17, 15) is 9.59 Å². The molecule has 0 aliphatic rings. The van der Waals surface area contributed by atoms with Gasteiger partial charge in [-0.3, -0.25) is 4.79 Å². The Hall–Kier alpha value is -3.54. The number of aryl methyl sites for hydroxylation is 2. The predicted molar refractivity (Wildman–Crippen MR) is 131 cm³/mol. The molecule has 6 nitrogen and oxygen atoms in total. The molecule has 0 unspecified atom stereocenters. The third-order valence-electron chi connectivity index (χ3n) is 5.21. The van der Waals surface area contributed by atoms with Gasteiger partial charge < -0.3 is 19.5 Å². The Morgan fingerprint density at radius 2 is 1.58 bits per heavy atom. The monoisotopic (exact) mass is 447 g/mol. The molecule has 3 amide bonds. The number of nitrogens with zero attached hydrogens (tertiary/aromatic N) is 2. The molecule has 0 saturated heterocycles. The van der Waals surface area contributed by atoms with Gasteiger partial charge in [-0.1, -0.05) is 61.9 Å². The van der Waals surface area contributed by atoms with Gasteiger partial charge in [0.1, 0.15) is 18.1 Å². The number of anilines is 1. The number of furan rings is 1. The average molecular weight is 448 g/mol. The summed E-state index contributed by atoms with van der Waals surface area (Å²) >= 11 is 0. The van der Waals surface area contributed by atoms with E-state index in [2.05, 4.69) is 5.32 Å². The minimum atomic E-state index is -0.283. The van der Waals surface area contributed by atoms with E-state index in [1.807, 2.05) is 94.4 Å². The molecule has 0 radical (unpaired) electrons. The lowest BCUT2D eigenvalue weighted by molar-refractivity contribution is -0.133. The number of benzene rings is 2. The maximum absolute atomic E-state index is 13.4. The van der Waals surface area contributed by atoms with Crippen LogP contribution >= 0.6 is 0 Å². The number of carbonyl (C=O) groups is 2. The Labute approximate surface area is 196 Å². The molecule has 1 N–H and O–H groups in total. The highest BCUT2D eigenvalue weighted by Crippen LogP contribution is 2.15. The fourth-order valence-electron chi connectivity index (χ4n) is 3.56. The zero-order valence-corrected chi connectivity index (χ0v) is 19.9. The van der Waals surface area contributed by atoms with Gasteiger partial charge >= 0.3 is 6.03 Å². The number of nitrogens with one attached hydrogen (secondary N) is 1. The highest BCUT2D eigenvalue weighted by Gasteiger charge is 2.23. The summed E-state index contributed by atoms with van der Waals surface area (Å²) in [6.45, 7) is 9.19. The van der Waals surface area contributed by atoms with E-state index in [-0.39, 0.29) is 24.4 Å². The van der Waals surface area contributed by atoms with E-state index in [1.165, 1.54) is 0 Å². The molecule has 0 spiro atoms. The van der Waals surface area contributed by atoms with Crippen LogP contribution in [0.15, 0.2) is 71.1 Å². The first kappa shape index (κ1) is 24.1. The Kier molecular flexibility index (Phi) is 8.30. The van der Waals surface area contributed by atoms with Crippen molar-refractivity contribution in [3.05, 3.63) is 89.4 Å². The lowest BCUT2D eigenvalue weighted by atomic mass is 10.2. The van der Waals surface area contributed by atoms with Crippen molar-refractivity contribution in [2.24, 2.45) is 5.92 Å². The number of rotatable bonds is 9. The highest BCUT2D eigenvalue weighted by atomic mass is 16.3. The molecular formula is C27H33N3O3. The molecule has 0 fully saturated rings. The van der Waals surface area contributed by atoms with E-state index >= 15 is 0 Å². The Bertz CT molecular complexity index is 1040. The first-order valence-electron chi connectivity index (χ1n) is 11.3. The zero-order chi connectivity index (χ0) is 23.8. The summed E-state index contributed by atoms with van der Waals surface area (Å²) in [6.07, 6.45) is 0. The van der Waals surface area contributed by atoms with Crippen molar-refractivity contribution < 1.29 is 14.0 Å². The largest absolute Gasteiger partial charge is 0.464 e. The summed E-state index contributed by atoms with van der Waals surface area (Å²) in [7, 11) is 0. The van der Waals surface area contributed by atoms with E-state index in [1.54, 1.807) is 9.80 Å². The maximum Gasteiger partial charge on any atom is 0.322 e. The summed E-state index contributed by atoms with van der Waals surface area (Å²) in [5.74, 6) is 1.61. The first-order valence-corrected chi connectivity index (χ1v) is 11.3. The lowest BCUT2D eigenvalue weighted by Gasteiger charge is -2.28. The van der Waals surface area contributed by atoms with Crippen molar-refractivity contribution in [2.45, 2.75) is 40.8 Å². The molecule has 2 aromatic carbocycles. The van der Waals surface area contributed by atoms with Crippen LogP contribution in [-0.4, -0.2) is 34.8 Å². The van der Waals surface area contributed by atoms with E-state index < -0.39 is 0 Å². The van der Waals surface area contributed by atoms with Gasteiger partial charge in [0.2, 0.25) is 5.91 Å². The molecule has 174 valence electrons. The molecule has 1 aromatic heterocycles. The maximum atomic E-state index is 13.4. The summed E-state index contributed by atoms with van der Waals surface area (Å²) in [6, 6.07) is 20.9. The minimum Gasteiger partial charge on any atom is -0.464 e. The van der Waals surface area contributed by atoms with Crippen LogP contribution in [-0.2, 0) is 17.9 Å². The van der Waals surface area contributed by atoms with Crippen LogP contribution in [0.5, 0.6) is 0 Å². The second-order valence-electron chi connectivity index (χ2n) is 8.82. The summed E-state index contributed by atoms with van der Waals surface area (Å²) < 4.78 is 5.72. The lowest BCUT2D eigenvalue weighted by Crippen LogP contribution is -2.45. The van der Waals surface area contributed by atoms with Crippen molar-refractivity contribution in [3.8, 4) is 0 Å². The predicted octanol–water partition coefficient (Wildman–Crippen LogP) is 5.62. The second kappa shape index (κ2) is 11.4. The topological polar surface area (TPSA) is 65.8 Å². The third-order valence-corrected chi connectivity index (χ3v) is 5.21. The normalized spacial score (nSPS) is 10.8. The third kappa shape index (κ3) is 7.52. The molecule has 3 rings (SSSR count). The van der Waals surface area contributed by atoms with E-state index in [0.29, 0.717) is 25.3 Å². The van der Waals surface area contributed by atoms with Crippen LogP contribution < -0.4 is 5.32 Å². The standard InChI is InChI=1S/C27H33N3O3/c1-20(2)16-30(27(32)28-24-13-10-21(3)11-14-24)19-26(31)29(17-23-8-6-5-7-9-23)18-25-15-12-22(4)33-25/h5-15,20H,16-19H2,1-4H3,(H,28,32). The number of hydrogen-bond donors (Lipinski definition) is 1. The molecule has 6 heteroatoms. The molecule has 1 heterocycles. The SMILES string of the molecule is Cc1ccc(NC(=O)N(CC(=O)N(Cc2ccccc2)Cc2ccc(C)o2)CC(C)C)cc1. The van der Waals surface area contributed by atoms with Gasteiger partial charge in [-0.15, -0.1) is 0 Å². The van der Waals surface area contributed by atoms with E-state index in [0.717, 1.165) is 22.6 Å². The molecule has 33 heavy (non-hydrogen) atoms. The van der Waals surface area contributed by atoms with Crippen LogP contribution in [0.2, 0.25) is 0 Å². The molecular weight excluding hydrogens is 414 g/mol. The van der Waals surface area contributed by atoms with Gasteiger partial charge in [0.05, 0.1) is 6.54 Å².